The van der Waals surface area contributed by atoms with Gasteiger partial charge in [-0.15, -0.1) is 0 Å². The molecule has 3 rings (SSSR count). The molecule has 0 saturated heterocycles. The number of carbonyl (C=O) groups is 2. The van der Waals surface area contributed by atoms with Gasteiger partial charge in [-0.3, -0.25) is 9.59 Å². The number of aryl methyl sites for hydroxylation is 1. The molecule has 1 aliphatic heterocycles. The van der Waals surface area contributed by atoms with Crippen LogP contribution in [0.25, 0.3) is 0 Å². The number of rotatable bonds is 5. The second-order valence-electron chi connectivity index (χ2n) is 6.30. The summed E-state index contributed by atoms with van der Waals surface area (Å²) in [6, 6.07) is 13.9. The number of fused-ring (bicyclic) bond motifs is 1. The first kappa shape index (κ1) is 17.2. The van der Waals surface area contributed by atoms with E-state index >= 15 is 0 Å². The Labute approximate surface area is 148 Å². The SMILES string of the molecule is CCC(=O)N1CCc2c(C(=O)NCc3ccc(CC)cc3)cccc21. The van der Waals surface area contributed by atoms with Gasteiger partial charge in [0.15, 0.2) is 0 Å². The van der Waals surface area contributed by atoms with Crippen molar-refractivity contribution >= 4 is 17.5 Å². The second kappa shape index (κ2) is 7.51. The maximum Gasteiger partial charge on any atom is 0.251 e. The highest BCUT2D eigenvalue weighted by Crippen LogP contribution is 2.31. The summed E-state index contributed by atoms with van der Waals surface area (Å²) in [6.45, 7) is 5.15. The largest absolute Gasteiger partial charge is 0.348 e. The van der Waals surface area contributed by atoms with Crippen LogP contribution in [0.1, 0.15) is 47.3 Å². The van der Waals surface area contributed by atoms with Gasteiger partial charge in [0.1, 0.15) is 0 Å². The Morgan fingerprint density at radius 3 is 2.44 bits per heavy atom. The van der Waals surface area contributed by atoms with E-state index in [1.54, 1.807) is 4.90 Å². The molecule has 2 aromatic rings. The molecule has 0 saturated carbocycles. The van der Waals surface area contributed by atoms with E-state index in [0.29, 0.717) is 25.1 Å². The lowest BCUT2D eigenvalue weighted by atomic mass is 10.0. The van der Waals surface area contributed by atoms with Crippen molar-refractivity contribution in [2.45, 2.75) is 39.7 Å². The molecule has 0 bridgehead atoms. The van der Waals surface area contributed by atoms with Crippen LogP contribution >= 0.6 is 0 Å². The second-order valence-corrected chi connectivity index (χ2v) is 6.30. The summed E-state index contributed by atoms with van der Waals surface area (Å²) >= 11 is 0. The molecular weight excluding hydrogens is 312 g/mol. The quantitative estimate of drug-likeness (QED) is 0.909. The van der Waals surface area contributed by atoms with E-state index in [0.717, 1.165) is 29.7 Å². The van der Waals surface area contributed by atoms with Crippen LogP contribution in [0.15, 0.2) is 42.5 Å². The third-order valence-electron chi connectivity index (χ3n) is 4.76. The Balaban J connectivity index is 1.73. The van der Waals surface area contributed by atoms with Crippen LogP contribution in [-0.4, -0.2) is 18.4 Å². The molecule has 1 aliphatic rings. The van der Waals surface area contributed by atoms with Gasteiger partial charge in [0.2, 0.25) is 5.91 Å². The van der Waals surface area contributed by atoms with Crippen LogP contribution < -0.4 is 10.2 Å². The van der Waals surface area contributed by atoms with Crippen LogP contribution in [0, 0.1) is 0 Å². The molecule has 2 aromatic carbocycles. The van der Waals surface area contributed by atoms with Gasteiger partial charge in [-0.25, -0.2) is 0 Å². The summed E-state index contributed by atoms with van der Waals surface area (Å²) in [4.78, 5) is 26.5. The Morgan fingerprint density at radius 2 is 1.76 bits per heavy atom. The minimum absolute atomic E-state index is 0.0813. The van der Waals surface area contributed by atoms with E-state index in [1.165, 1.54) is 5.56 Å². The summed E-state index contributed by atoms with van der Waals surface area (Å²) in [5.41, 5.74) is 4.90. The summed E-state index contributed by atoms with van der Waals surface area (Å²) in [7, 11) is 0. The van der Waals surface area contributed by atoms with E-state index in [1.807, 2.05) is 25.1 Å². The highest BCUT2D eigenvalue weighted by Gasteiger charge is 2.27. The predicted molar refractivity (Wildman–Crippen MR) is 99.8 cm³/mol. The topological polar surface area (TPSA) is 49.4 Å². The molecule has 4 heteroatoms. The molecule has 1 heterocycles. The minimum atomic E-state index is -0.0813. The normalized spacial score (nSPS) is 12.8. The summed E-state index contributed by atoms with van der Waals surface area (Å²) in [6.07, 6.45) is 2.22. The first-order valence-electron chi connectivity index (χ1n) is 8.92. The summed E-state index contributed by atoms with van der Waals surface area (Å²) in [5.74, 6) is 0.0227. The molecule has 0 fully saturated rings. The molecule has 2 amide bonds. The molecule has 0 aliphatic carbocycles. The number of benzene rings is 2. The molecular formula is C21H24N2O2. The molecule has 0 radical (unpaired) electrons. The highest BCUT2D eigenvalue weighted by atomic mass is 16.2. The lowest BCUT2D eigenvalue weighted by Crippen LogP contribution is -2.27. The number of anilines is 1. The standard InChI is InChI=1S/C21H24N2O2/c1-3-15-8-10-16(11-9-15)14-22-21(25)18-6-5-7-19-17(18)12-13-23(19)20(24)4-2/h5-11H,3-4,12-14H2,1-2H3,(H,22,25). The van der Waals surface area contributed by atoms with Gasteiger partial charge in [-0.2, -0.15) is 0 Å². The van der Waals surface area contributed by atoms with Crippen molar-refractivity contribution in [2.24, 2.45) is 0 Å². The third-order valence-corrected chi connectivity index (χ3v) is 4.76. The van der Waals surface area contributed by atoms with E-state index in [4.69, 9.17) is 0 Å². The van der Waals surface area contributed by atoms with Crippen molar-refractivity contribution in [3.63, 3.8) is 0 Å². The summed E-state index contributed by atoms with van der Waals surface area (Å²) < 4.78 is 0. The lowest BCUT2D eigenvalue weighted by Gasteiger charge is -2.17. The van der Waals surface area contributed by atoms with Crippen molar-refractivity contribution < 1.29 is 9.59 Å². The molecule has 0 unspecified atom stereocenters. The molecule has 0 aromatic heterocycles. The number of amides is 2. The van der Waals surface area contributed by atoms with E-state index in [2.05, 4.69) is 36.5 Å². The van der Waals surface area contributed by atoms with Gasteiger partial charge in [-0.1, -0.05) is 44.2 Å². The predicted octanol–water partition coefficient (Wildman–Crippen LogP) is 3.48. The maximum atomic E-state index is 12.6. The number of hydrogen-bond donors (Lipinski definition) is 1. The fourth-order valence-electron chi connectivity index (χ4n) is 3.27. The number of nitrogens with zero attached hydrogens (tertiary/aromatic N) is 1. The van der Waals surface area contributed by atoms with Gasteiger partial charge in [0.05, 0.1) is 0 Å². The van der Waals surface area contributed by atoms with Gasteiger partial charge in [-0.05, 0) is 41.7 Å². The van der Waals surface area contributed by atoms with Crippen molar-refractivity contribution in [1.82, 2.24) is 5.32 Å². The van der Waals surface area contributed by atoms with Gasteiger partial charge < -0.3 is 10.2 Å². The van der Waals surface area contributed by atoms with Crippen LogP contribution in [0.4, 0.5) is 5.69 Å². The van der Waals surface area contributed by atoms with Crippen LogP contribution in [0.2, 0.25) is 0 Å². The minimum Gasteiger partial charge on any atom is -0.348 e. The van der Waals surface area contributed by atoms with Crippen molar-refractivity contribution in [2.75, 3.05) is 11.4 Å². The Bertz CT molecular complexity index is 781. The third kappa shape index (κ3) is 3.58. The van der Waals surface area contributed by atoms with E-state index < -0.39 is 0 Å². The van der Waals surface area contributed by atoms with Crippen LogP contribution in [0.5, 0.6) is 0 Å². The summed E-state index contributed by atoms with van der Waals surface area (Å²) in [5, 5.41) is 3.00. The van der Waals surface area contributed by atoms with Crippen LogP contribution in [-0.2, 0) is 24.2 Å². The van der Waals surface area contributed by atoms with E-state index in [9.17, 15) is 9.59 Å². The average molecular weight is 336 g/mol. The Hall–Kier alpha value is -2.62. The Kier molecular flexibility index (Phi) is 5.17. The number of nitrogens with one attached hydrogen (secondary N) is 1. The molecule has 4 nitrogen and oxygen atoms in total. The highest BCUT2D eigenvalue weighted by molar-refractivity contribution is 6.01. The van der Waals surface area contributed by atoms with Gasteiger partial charge >= 0.3 is 0 Å². The lowest BCUT2D eigenvalue weighted by molar-refractivity contribution is -0.118. The first-order chi connectivity index (χ1) is 12.1. The monoisotopic (exact) mass is 336 g/mol. The zero-order valence-electron chi connectivity index (χ0n) is 14.8. The zero-order valence-corrected chi connectivity index (χ0v) is 14.8. The molecule has 130 valence electrons. The van der Waals surface area contributed by atoms with E-state index in [-0.39, 0.29) is 11.8 Å². The number of hydrogen-bond acceptors (Lipinski definition) is 2. The fraction of sp³-hybridized carbons (Fsp3) is 0.333. The van der Waals surface area contributed by atoms with Crippen molar-refractivity contribution in [3.05, 3.63) is 64.7 Å². The molecule has 1 N–H and O–H groups in total. The van der Waals surface area contributed by atoms with Crippen LogP contribution in [0.3, 0.4) is 0 Å². The Morgan fingerprint density at radius 1 is 1.04 bits per heavy atom. The first-order valence-corrected chi connectivity index (χ1v) is 8.92. The van der Waals surface area contributed by atoms with Gasteiger partial charge in [0.25, 0.3) is 5.91 Å². The smallest absolute Gasteiger partial charge is 0.251 e. The zero-order chi connectivity index (χ0) is 17.8. The number of carbonyl (C=O) groups excluding carboxylic acids is 2. The van der Waals surface area contributed by atoms with Crippen molar-refractivity contribution in [1.29, 1.82) is 0 Å². The fourth-order valence-corrected chi connectivity index (χ4v) is 3.27. The molecule has 25 heavy (non-hydrogen) atoms. The maximum absolute atomic E-state index is 12.6. The van der Waals surface area contributed by atoms with Crippen molar-refractivity contribution in [3.8, 4) is 0 Å². The average Bonchev–Trinajstić information content (AvgIpc) is 3.10. The molecule has 0 spiro atoms. The molecule has 0 atom stereocenters. The van der Waals surface area contributed by atoms with Gasteiger partial charge in [0, 0.05) is 30.8 Å².